The fraction of sp³-hybridized carbons (Fsp3) is 0.286. The van der Waals surface area contributed by atoms with Crippen molar-refractivity contribution in [3.8, 4) is 0 Å². The third kappa shape index (κ3) is 4.31. The van der Waals surface area contributed by atoms with E-state index in [0.717, 1.165) is 18.7 Å². The molecule has 1 amide bonds. The molecule has 4 rings (SSSR count). The Hall–Kier alpha value is -2.77. The summed E-state index contributed by atoms with van der Waals surface area (Å²) in [6.45, 7) is 2.49. The first-order valence-corrected chi connectivity index (χ1v) is 9.77. The van der Waals surface area contributed by atoms with Crippen LogP contribution >= 0.6 is 11.6 Å². The van der Waals surface area contributed by atoms with Gasteiger partial charge in [-0.3, -0.25) is 4.79 Å². The first-order valence-electron chi connectivity index (χ1n) is 9.40. The van der Waals surface area contributed by atoms with Gasteiger partial charge in [-0.15, -0.1) is 5.10 Å². The average molecular weight is 414 g/mol. The molecule has 8 heteroatoms. The summed E-state index contributed by atoms with van der Waals surface area (Å²) in [5.41, 5.74) is 2.09. The van der Waals surface area contributed by atoms with E-state index in [1.807, 2.05) is 35.2 Å². The van der Waals surface area contributed by atoms with E-state index in [-0.39, 0.29) is 17.6 Å². The lowest BCUT2D eigenvalue weighted by Gasteiger charge is -2.40. The third-order valence-corrected chi connectivity index (χ3v) is 5.49. The van der Waals surface area contributed by atoms with Crippen LogP contribution in [0, 0.1) is 5.82 Å². The van der Waals surface area contributed by atoms with Crippen molar-refractivity contribution in [1.29, 1.82) is 0 Å². The Morgan fingerprint density at radius 2 is 2.00 bits per heavy atom. The van der Waals surface area contributed by atoms with Crippen molar-refractivity contribution in [3.05, 3.63) is 82.4 Å². The summed E-state index contributed by atoms with van der Waals surface area (Å²) in [5, 5.41) is 8.45. The number of likely N-dealkylation sites (N-methyl/N-ethyl adjacent to an activating group) is 1. The van der Waals surface area contributed by atoms with E-state index in [4.69, 9.17) is 11.6 Å². The number of carbonyl (C=O) groups excluding carboxylic acids is 1. The summed E-state index contributed by atoms with van der Waals surface area (Å²) in [4.78, 5) is 17.3. The molecule has 1 fully saturated rings. The molecule has 1 atom stereocenters. The van der Waals surface area contributed by atoms with Crippen molar-refractivity contribution < 1.29 is 9.18 Å². The summed E-state index contributed by atoms with van der Waals surface area (Å²) in [5.74, 6) is -0.543. The van der Waals surface area contributed by atoms with Gasteiger partial charge >= 0.3 is 0 Å². The number of amides is 1. The van der Waals surface area contributed by atoms with Crippen LogP contribution in [0.1, 0.15) is 27.7 Å². The average Bonchev–Trinajstić information content (AvgIpc) is 3.19. The fourth-order valence-electron chi connectivity index (χ4n) is 3.57. The Labute approximate surface area is 173 Å². The molecular weight excluding hydrogens is 393 g/mol. The van der Waals surface area contributed by atoms with Crippen LogP contribution in [0.4, 0.5) is 4.39 Å². The molecule has 1 aromatic heterocycles. The van der Waals surface area contributed by atoms with Crippen LogP contribution in [0.3, 0.4) is 0 Å². The van der Waals surface area contributed by atoms with Crippen LogP contribution < -0.4 is 0 Å². The number of hydrogen-bond acceptors (Lipinski definition) is 4. The number of nitrogens with zero attached hydrogens (tertiary/aromatic N) is 5. The van der Waals surface area contributed by atoms with E-state index >= 15 is 0 Å². The number of piperazine rings is 1. The molecule has 6 nitrogen and oxygen atoms in total. The molecule has 0 radical (unpaired) electrons. The predicted molar refractivity (Wildman–Crippen MR) is 108 cm³/mol. The van der Waals surface area contributed by atoms with Gasteiger partial charge in [0.05, 0.1) is 18.8 Å². The van der Waals surface area contributed by atoms with Gasteiger partial charge in [0.1, 0.15) is 5.82 Å². The van der Waals surface area contributed by atoms with Gasteiger partial charge in [-0.25, -0.2) is 9.07 Å². The molecule has 0 bridgehead atoms. The van der Waals surface area contributed by atoms with Crippen LogP contribution in [0.25, 0.3) is 0 Å². The summed E-state index contributed by atoms with van der Waals surface area (Å²) in [6, 6.07) is 14.2. The molecule has 0 N–H and O–H groups in total. The minimum absolute atomic E-state index is 0.0425. The highest BCUT2D eigenvalue weighted by molar-refractivity contribution is 6.31. The molecule has 0 saturated carbocycles. The van der Waals surface area contributed by atoms with Gasteiger partial charge in [0.15, 0.2) is 5.69 Å². The fourth-order valence-corrected chi connectivity index (χ4v) is 3.80. The van der Waals surface area contributed by atoms with Crippen molar-refractivity contribution in [2.75, 3.05) is 26.7 Å². The molecule has 3 aromatic rings. The first-order chi connectivity index (χ1) is 14.0. The van der Waals surface area contributed by atoms with Gasteiger partial charge in [-0.2, -0.15) is 0 Å². The van der Waals surface area contributed by atoms with Crippen molar-refractivity contribution in [2.45, 2.75) is 12.6 Å². The van der Waals surface area contributed by atoms with Gasteiger partial charge in [0.25, 0.3) is 5.91 Å². The number of carbonyl (C=O) groups is 1. The maximum absolute atomic E-state index is 13.2. The Morgan fingerprint density at radius 3 is 2.76 bits per heavy atom. The number of halogens is 2. The van der Waals surface area contributed by atoms with Crippen LogP contribution in [-0.2, 0) is 6.54 Å². The molecular formula is C21H21ClFN5O. The van der Waals surface area contributed by atoms with Crippen molar-refractivity contribution in [3.63, 3.8) is 0 Å². The molecule has 29 heavy (non-hydrogen) atoms. The van der Waals surface area contributed by atoms with E-state index < -0.39 is 5.82 Å². The van der Waals surface area contributed by atoms with Crippen LogP contribution in [0.2, 0.25) is 5.02 Å². The Balaban J connectivity index is 1.54. The molecule has 0 aliphatic carbocycles. The maximum atomic E-state index is 13.2. The van der Waals surface area contributed by atoms with Crippen molar-refractivity contribution >= 4 is 17.5 Å². The topological polar surface area (TPSA) is 54.3 Å². The van der Waals surface area contributed by atoms with Crippen LogP contribution in [0.5, 0.6) is 0 Å². The van der Waals surface area contributed by atoms with Crippen LogP contribution in [-0.4, -0.2) is 57.4 Å². The summed E-state index contributed by atoms with van der Waals surface area (Å²) >= 11 is 6.09. The van der Waals surface area contributed by atoms with Crippen LogP contribution in [0.15, 0.2) is 54.7 Å². The summed E-state index contributed by atoms with van der Waals surface area (Å²) in [6.07, 6.45) is 1.61. The molecule has 0 unspecified atom stereocenters. The van der Waals surface area contributed by atoms with Gasteiger partial charge in [-0.1, -0.05) is 53.2 Å². The Morgan fingerprint density at radius 1 is 1.21 bits per heavy atom. The zero-order valence-electron chi connectivity index (χ0n) is 16.0. The molecule has 2 heterocycles. The molecule has 1 saturated heterocycles. The summed E-state index contributed by atoms with van der Waals surface area (Å²) < 4.78 is 14.8. The molecule has 1 aliphatic heterocycles. The third-order valence-electron chi connectivity index (χ3n) is 5.13. The maximum Gasteiger partial charge on any atom is 0.276 e. The highest BCUT2D eigenvalue weighted by Gasteiger charge is 2.32. The predicted octanol–water partition coefficient (Wildman–Crippen LogP) is 3.25. The van der Waals surface area contributed by atoms with E-state index in [9.17, 15) is 9.18 Å². The van der Waals surface area contributed by atoms with E-state index in [1.54, 1.807) is 16.9 Å². The number of hydrogen-bond donors (Lipinski definition) is 0. The highest BCUT2D eigenvalue weighted by Crippen LogP contribution is 2.26. The summed E-state index contributed by atoms with van der Waals surface area (Å²) in [7, 11) is 2.06. The van der Waals surface area contributed by atoms with Gasteiger partial charge < -0.3 is 9.80 Å². The molecule has 2 aromatic carbocycles. The normalized spacial score (nSPS) is 17.5. The standard InChI is InChI=1S/C21H21ClFN5O/c1-26-9-10-28(20(14-26)15-5-3-2-4-6-15)21(29)19-13-27(25-24-19)12-16-7-8-17(23)11-18(16)22/h2-8,11,13,20H,9-10,12,14H2,1H3/t20-/m1/s1. The number of aromatic nitrogens is 3. The van der Waals surface area contributed by atoms with E-state index in [0.29, 0.717) is 23.7 Å². The van der Waals surface area contributed by atoms with Gasteiger partial charge in [-0.05, 0) is 30.3 Å². The molecule has 150 valence electrons. The minimum Gasteiger partial charge on any atom is -0.328 e. The van der Waals surface area contributed by atoms with Crippen molar-refractivity contribution in [2.24, 2.45) is 0 Å². The minimum atomic E-state index is -0.393. The quantitative estimate of drug-likeness (QED) is 0.659. The highest BCUT2D eigenvalue weighted by atomic mass is 35.5. The number of benzene rings is 2. The second kappa shape index (κ2) is 8.31. The lowest BCUT2D eigenvalue weighted by Crippen LogP contribution is -2.49. The van der Waals surface area contributed by atoms with E-state index in [1.165, 1.54) is 12.1 Å². The van der Waals surface area contributed by atoms with E-state index in [2.05, 4.69) is 22.3 Å². The Bertz CT molecular complexity index is 1010. The lowest BCUT2D eigenvalue weighted by atomic mass is 10.0. The second-order valence-electron chi connectivity index (χ2n) is 7.22. The smallest absolute Gasteiger partial charge is 0.276 e. The lowest BCUT2D eigenvalue weighted by molar-refractivity contribution is 0.0492. The number of rotatable bonds is 4. The zero-order valence-corrected chi connectivity index (χ0v) is 16.8. The van der Waals surface area contributed by atoms with Gasteiger partial charge in [0, 0.05) is 24.7 Å². The van der Waals surface area contributed by atoms with Gasteiger partial charge in [0.2, 0.25) is 0 Å². The molecule has 1 aliphatic rings. The molecule has 0 spiro atoms. The Kier molecular flexibility index (Phi) is 5.60. The second-order valence-corrected chi connectivity index (χ2v) is 7.63. The van der Waals surface area contributed by atoms with Crippen molar-refractivity contribution in [1.82, 2.24) is 24.8 Å². The largest absolute Gasteiger partial charge is 0.328 e. The first kappa shape index (κ1) is 19.5. The SMILES string of the molecule is CN1CCN(C(=O)c2cn(Cc3ccc(F)cc3Cl)nn2)[C@@H](c2ccccc2)C1. The monoisotopic (exact) mass is 413 g/mol. The zero-order chi connectivity index (χ0) is 20.4.